The third kappa shape index (κ3) is 4.61. The molecule has 0 saturated carbocycles. The number of pyridine rings is 1. The molecule has 4 rings (SSSR count). The van der Waals surface area contributed by atoms with E-state index in [9.17, 15) is 0 Å². The Bertz CT molecular complexity index is 1200. The van der Waals surface area contributed by atoms with E-state index in [-0.39, 0.29) is 5.90 Å². The van der Waals surface area contributed by atoms with E-state index in [1.54, 1.807) is 11.3 Å². The average molecular weight is 414 g/mol. The lowest BCUT2D eigenvalue weighted by Gasteiger charge is -2.10. The third-order valence-corrected chi connectivity index (χ3v) is 5.19. The first-order chi connectivity index (χ1) is 14.7. The smallest absolute Gasteiger partial charge is 0.221 e. The van der Waals surface area contributed by atoms with E-state index in [0.717, 1.165) is 34.1 Å². The topological polar surface area (TPSA) is 79.0 Å². The van der Waals surface area contributed by atoms with Crippen molar-refractivity contribution in [3.05, 3.63) is 94.3 Å². The van der Waals surface area contributed by atoms with Crippen molar-refractivity contribution in [1.29, 1.82) is 10.8 Å². The molecule has 30 heavy (non-hydrogen) atoms. The zero-order chi connectivity index (χ0) is 20.8. The molecular weight excluding hydrogens is 394 g/mol. The van der Waals surface area contributed by atoms with Gasteiger partial charge in [0, 0.05) is 11.0 Å². The monoisotopic (exact) mass is 413 g/mol. The average Bonchev–Trinajstić information content (AvgIpc) is 3.30. The number of ether oxygens (including phenoxy) is 2. The molecule has 0 saturated heterocycles. The van der Waals surface area contributed by atoms with Gasteiger partial charge in [0.15, 0.2) is 6.40 Å². The molecule has 0 aliphatic carbocycles. The summed E-state index contributed by atoms with van der Waals surface area (Å²) in [5.74, 6) is 0.633. The lowest BCUT2D eigenvalue weighted by Crippen LogP contribution is -2.05. The van der Waals surface area contributed by atoms with Gasteiger partial charge in [0.2, 0.25) is 5.90 Å². The van der Waals surface area contributed by atoms with E-state index in [4.69, 9.17) is 20.3 Å². The predicted octanol–water partition coefficient (Wildman–Crippen LogP) is 6.02. The van der Waals surface area contributed by atoms with Crippen LogP contribution in [0.25, 0.3) is 22.6 Å². The summed E-state index contributed by atoms with van der Waals surface area (Å²) < 4.78 is 10.9. The molecule has 0 bridgehead atoms. The van der Waals surface area contributed by atoms with Crippen molar-refractivity contribution in [2.24, 2.45) is 0 Å². The van der Waals surface area contributed by atoms with Crippen molar-refractivity contribution in [3.63, 3.8) is 0 Å². The summed E-state index contributed by atoms with van der Waals surface area (Å²) in [5, 5.41) is 20.3. The molecule has 0 atom stereocenters. The second-order valence-electron chi connectivity index (χ2n) is 6.49. The van der Waals surface area contributed by atoms with Gasteiger partial charge in [-0.25, -0.2) is 4.98 Å². The first-order valence-corrected chi connectivity index (χ1v) is 10.2. The Labute approximate surface area is 178 Å². The second-order valence-corrected chi connectivity index (χ2v) is 7.27. The first-order valence-electron chi connectivity index (χ1n) is 9.29. The Hall–Kier alpha value is -3.77. The highest BCUT2D eigenvalue weighted by Gasteiger charge is 2.11. The van der Waals surface area contributed by atoms with Crippen LogP contribution in [0.3, 0.4) is 0 Å². The Morgan fingerprint density at radius 3 is 2.60 bits per heavy atom. The van der Waals surface area contributed by atoms with Gasteiger partial charge in [0.1, 0.15) is 12.4 Å². The SMILES string of the molecule is N=COC(=N)/C(=C/c1ccsc1)c1ccc(OCc2ccc3ccccc3n2)cc1. The third-order valence-electron chi connectivity index (χ3n) is 4.48. The molecule has 2 heterocycles. The van der Waals surface area contributed by atoms with Crippen molar-refractivity contribution in [2.75, 3.05) is 0 Å². The number of hydrogen-bond acceptors (Lipinski definition) is 6. The van der Waals surface area contributed by atoms with Crippen molar-refractivity contribution in [1.82, 2.24) is 4.98 Å². The normalized spacial score (nSPS) is 11.3. The van der Waals surface area contributed by atoms with Gasteiger partial charge in [-0.15, -0.1) is 0 Å². The lowest BCUT2D eigenvalue weighted by molar-refractivity contribution is 0.302. The number of para-hydroxylation sites is 1. The van der Waals surface area contributed by atoms with E-state index >= 15 is 0 Å². The van der Waals surface area contributed by atoms with E-state index in [2.05, 4.69) is 4.98 Å². The lowest BCUT2D eigenvalue weighted by atomic mass is 10.0. The number of aromatic nitrogens is 1. The number of fused-ring (bicyclic) bond motifs is 1. The van der Waals surface area contributed by atoms with Gasteiger partial charge in [-0.1, -0.05) is 36.4 Å². The summed E-state index contributed by atoms with van der Waals surface area (Å²) in [6.45, 7) is 0.370. The van der Waals surface area contributed by atoms with Crippen molar-refractivity contribution >= 4 is 46.2 Å². The fraction of sp³-hybridized carbons (Fsp3) is 0.0417. The highest BCUT2D eigenvalue weighted by molar-refractivity contribution is 7.08. The van der Waals surface area contributed by atoms with Crippen molar-refractivity contribution < 1.29 is 9.47 Å². The van der Waals surface area contributed by atoms with Crippen LogP contribution in [0.2, 0.25) is 0 Å². The quantitative estimate of drug-likeness (QED) is 0.287. The summed E-state index contributed by atoms with van der Waals surface area (Å²) in [7, 11) is 0. The van der Waals surface area contributed by atoms with Gasteiger partial charge in [-0.3, -0.25) is 10.8 Å². The molecule has 6 heteroatoms. The summed E-state index contributed by atoms with van der Waals surface area (Å²) in [6, 6.07) is 21.4. The van der Waals surface area contributed by atoms with Crippen molar-refractivity contribution in [2.45, 2.75) is 6.61 Å². The minimum atomic E-state index is -0.0785. The van der Waals surface area contributed by atoms with Crippen LogP contribution in [0.4, 0.5) is 0 Å². The molecule has 148 valence electrons. The van der Waals surface area contributed by atoms with Gasteiger partial charge in [0.05, 0.1) is 11.2 Å². The molecule has 2 aromatic heterocycles. The Kier molecular flexibility index (Phi) is 5.96. The number of nitrogens with one attached hydrogen (secondary N) is 2. The van der Waals surface area contributed by atoms with Crippen LogP contribution < -0.4 is 4.74 Å². The highest BCUT2D eigenvalue weighted by Crippen LogP contribution is 2.24. The fourth-order valence-corrected chi connectivity index (χ4v) is 3.62. The molecule has 4 aromatic rings. The second kappa shape index (κ2) is 9.15. The number of thiophene rings is 1. The fourth-order valence-electron chi connectivity index (χ4n) is 3.00. The van der Waals surface area contributed by atoms with Gasteiger partial charge in [-0.2, -0.15) is 11.3 Å². The maximum atomic E-state index is 8.12. The van der Waals surface area contributed by atoms with Crippen LogP contribution in [-0.2, 0) is 11.3 Å². The maximum absolute atomic E-state index is 8.12. The molecule has 0 unspecified atom stereocenters. The van der Waals surface area contributed by atoms with Crippen LogP contribution >= 0.6 is 11.3 Å². The number of nitrogens with zero attached hydrogens (tertiary/aromatic N) is 1. The van der Waals surface area contributed by atoms with Crippen LogP contribution in [0.15, 0.2) is 77.5 Å². The summed E-state index contributed by atoms with van der Waals surface area (Å²) in [5.41, 5.74) is 4.19. The van der Waals surface area contributed by atoms with Gasteiger partial charge in [-0.05, 0) is 58.3 Å². The van der Waals surface area contributed by atoms with Crippen molar-refractivity contribution in [3.8, 4) is 5.75 Å². The largest absolute Gasteiger partial charge is 0.487 e. The van der Waals surface area contributed by atoms with E-state index in [1.165, 1.54) is 0 Å². The standard InChI is InChI=1S/C24H19N3O2S/c25-16-29-24(26)22(13-17-11-12-30-15-17)18-6-9-21(10-7-18)28-14-20-8-5-19-3-1-2-4-23(19)27-20/h1-13,15-16,25-26H,14H2/b22-13+,25-16?,26-24?. The molecule has 0 aliphatic rings. The van der Waals surface area contributed by atoms with E-state index in [1.807, 2.05) is 83.6 Å². The molecule has 0 amide bonds. The van der Waals surface area contributed by atoms with Gasteiger partial charge >= 0.3 is 0 Å². The Balaban J connectivity index is 1.50. The summed E-state index contributed by atoms with van der Waals surface area (Å²) in [6.07, 6.45) is 2.63. The van der Waals surface area contributed by atoms with Gasteiger partial charge < -0.3 is 9.47 Å². The molecular formula is C24H19N3O2S. The molecule has 2 aromatic carbocycles. The molecule has 0 fully saturated rings. The number of hydrogen-bond donors (Lipinski definition) is 2. The van der Waals surface area contributed by atoms with Crippen LogP contribution in [0.5, 0.6) is 5.75 Å². The minimum absolute atomic E-state index is 0.0785. The minimum Gasteiger partial charge on any atom is -0.487 e. The first kappa shape index (κ1) is 19.5. The number of benzene rings is 2. The van der Waals surface area contributed by atoms with E-state index < -0.39 is 0 Å². The zero-order valence-electron chi connectivity index (χ0n) is 16.0. The van der Waals surface area contributed by atoms with Gasteiger partial charge in [0.25, 0.3) is 0 Å². The number of rotatable bonds is 7. The Morgan fingerprint density at radius 1 is 1.00 bits per heavy atom. The molecule has 0 radical (unpaired) electrons. The van der Waals surface area contributed by atoms with Crippen LogP contribution in [0, 0.1) is 10.8 Å². The highest BCUT2D eigenvalue weighted by atomic mass is 32.1. The zero-order valence-corrected chi connectivity index (χ0v) is 16.9. The predicted molar refractivity (Wildman–Crippen MR) is 122 cm³/mol. The molecule has 2 N–H and O–H groups in total. The molecule has 0 spiro atoms. The maximum Gasteiger partial charge on any atom is 0.221 e. The van der Waals surface area contributed by atoms with Crippen LogP contribution in [-0.4, -0.2) is 17.3 Å². The molecule has 5 nitrogen and oxygen atoms in total. The van der Waals surface area contributed by atoms with E-state index in [0.29, 0.717) is 17.9 Å². The summed E-state index contributed by atoms with van der Waals surface area (Å²) >= 11 is 1.58. The van der Waals surface area contributed by atoms with Crippen LogP contribution in [0.1, 0.15) is 16.8 Å². The molecule has 0 aliphatic heterocycles. The Morgan fingerprint density at radius 2 is 1.83 bits per heavy atom. The summed E-state index contributed by atoms with van der Waals surface area (Å²) in [4.78, 5) is 4.62.